The largest absolute Gasteiger partial charge is 0.493 e. The van der Waals surface area contributed by atoms with Gasteiger partial charge < -0.3 is 24.3 Å². The van der Waals surface area contributed by atoms with Crippen LogP contribution < -0.4 is 24.3 Å². The van der Waals surface area contributed by atoms with Crippen LogP contribution in [0.25, 0.3) is 0 Å². The Morgan fingerprint density at radius 1 is 0.933 bits per heavy atom. The number of methoxy groups -OCH3 is 1. The summed E-state index contributed by atoms with van der Waals surface area (Å²) in [5.41, 5.74) is 4.58. The summed E-state index contributed by atoms with van der Waals surface area (Å²) >= 11 is 3.66. The molecule has 30 heavy (non-hydrogen) atoms. The highest BCUT2D eigenvalue weighted by atomic mass is 79.9. The van der Waals surface area contributed by atoms with Crippen molar-refractivity contribution in [3.63, 3.8) is 0 Å². The van der Waals surface area contributed by atoms with Crippen molar-refractivity contribution in [2.75, 3.05) is 13.9 Å². The average molecular weight is 470 g/mol. The van der Waals surface area contributed by atoms with Gasteiger partial charge in [-0.15, -0.1) is 0 Å². The lowest BCUT2D eigenvalue weighted by molar-refractivity contribution is 0.174. The molecule has 1 N–H and O–H groups in total. The van der Waals surface area contributed by atoms with Gasteiger partial charge in [0.1, 0.15) is 6.61 Å². The molecule has 156 valence electrons. The monoisotopic (exact) mass is 469 g/mol. The third-order valence-electron chi connectivity index (χ3n) is 4.89. The van der Waals surface area contributed by atoms with Crippen LogP contribution in [-0.4, -0.2) is 13.9 Å². The second-order valence-corrected chi connectivity index (χ2v) is 8.02. The highest BCUT2D eigenvalue weighted by Crippen LogP contribution is 2.35. The summed E-state index contributed by atoms with van der Waals surface area (Å²) in [6.45, 7) is 4.26. The summed E-state index contributed by atoms with van der Waals surface area (Å²) in [5, 5.41) is 3.46. The molecule has 0 fully saturated rings. The SMILES string of the molecule is COc1cc(CNCc2ccc3c(c2)OCO3)c(Br)cc1OCc1cccc(C)c1. The summed E-state index contributed by atoms with van der Waals surface area (Å²) in [6, 6.07) is 18.2. The van der Waals surface area contributed by atoms with Crippen molar-refractivity contribution in [3.8, 4) is 23.0 Å². The van der Waals surface area contributed by atoms with Crippen LogP contribution in [0.1, 0.15) is 22.3 Å². The predicted octanol–water partition coefficient (Wildman–Crippen LogP) is 5.36. The molecule has 1 aliphatic rings. The number of hydrogen-bond donors (Lipinski definition) is 1. The molecule has 0 aromatic heterocycles. The summed E-state index contributed by atoms with van der Waals surface area (Å²) in [6.07, 6.45) is 0. The van der Waals surface area contributed by atoms with Crippen molar-refractivity contribution in [1.82, 2.24) is 5.32 Å². The quantitative estimate of drug-likeness (QED) is 0.480. The topological polar surface area (TPSA) is 49.0 Å². The maximum Gasteiger partial charge on any atom is 0.231 e. The summed E-state index contributed by atoms with van der Waals surface area (Å²) in [5.74, 6) is 3.02. The molecule has 3 aromatic rings. The molecule has 0 bridgehead atoms. The number of hydrogen-bond acceptors (Lipinski definition) is 5. The van der Waals surface area contributed by atoms with Crippen LogP contribution in [0.2, 0.25) is 0 Å². The van der Waals surface area contributed by atoms with Gasteiger partial charge in [-0.1, -0.05) is 51.8 Å². The van der Waals surface area contributed by atoms with E-state index in [0.717, 1.165) is 39.2 Å². The lowest BCUT2D eigenvalue weighted by atomic mass is 10.1. The Bertz CT molecular complexity index is 1040. The van der Waals surface area contributed by atoms with E-state index in [1.165, 1.54) is 5.56 Å². The van der Waals surface area contributed by atoms with Crippen molar-refractivity contribution < 1.29 is 18.9 Å². The zero-order chi connectivity index (χ0) is 20.9. The van der Waals surface area contributed by atoms with E-state index in [1.807, 2.05) is 36.4 Å². The summed E-state index contributed by atoms with van der Waals surface area (Å²) < 4.78 is 23.4. The number of fused-ring (bicyclic) bond motifs is 1. The van der Waals surface area contributed by atoms with Gasteiger partial charge in [0.05, 0.1) is 7.11 Å². The minimum atomic E-state index is 0.289. The molecule has 0 saturated carbocycles. The van der Waals surface area contributed by atoms with Crippen LogP contribution in [0.5, 0.6) is 23.0 Å². The Hall–Kier alpha value is -2.70. The number of benzene rings is 3. The van der Waals surface area contributed by atoms with Crippen molar-refractivity contribution in [1.29, 1.82) is 0 Å². The smallest absolute Gasteiger partial charge is 0.231 e. The van der Waals surface area contributed by atoms with E-state index >= 15 is 0 Å². The van der Waals surface area contributed by atoms with Gasteiger partial charge in [0.2, 0.25) is 6.79 Å². The maximum atomic E-state index is 6.02. The van der Waals surface area contributed by atoms with Crippen molar-refractivity contribution >= 4 is 15.9 Å². The molecule has 0 radical (unpaired) electrons. The number of halogens is 1. The van der Waals surface area contributed by atoms with E-state index in [0.29, 0.717) is 24.7 Å². The molecule has 4 rings (SSSR count). The molecular formula is C24H24BrNO4. The zero-order valence-corrected chi connectivity index (χ0v) is 18.6. The van der Waals surface area contributed by atoms with Crippen molar-refractivity contribution in [2.45, 2.75) is 26.6 Å². The minimum absolute atomic E-state index is 0.289. The second kappa shape index (κ2) is 9.41. The van der Waals surface area contributed by atoms with Gasteiger partial charge in [-0.25, -0.2) is 0 Å². The molecule has 0 atom stereocenters. The van der Waals surface area contributed by atoms with Crippen LogP contribution in [0.4, 0.5) is 0 Å². The fourth-order valence-corrected chi connectivity index (χ4v) is 3.80. The Kier molecular flexibility index (Phi) is 6.45. The van der Waals surface area contributed by atoms with E-state index in [1.54, 1.807) is 7.11 Å². The average Bonchev–Trinajstić information content (AvgIpc) is 3.21. The molecule has 6 heteroatoms. The molecular weight excluding hydrogens is 446 g/mol. The summed E-state index contributed by atoms with van der Waals surface area (Å²) in [7, 11) is 1.66. The Balaban J connectivity index is 1.39. The van der Waals surface area contributed by atoms with E-state index in [4.69, 9.17) is 18.9 Å². The predicted molar refractivity (Wildman–Crippen MR) is 119 cm³/mol. The third-order valence-corrected chi connectivity index (χ3v) is 5.63. The third kappa shape index (κ3) is 4.89. The Labute approximate surface area is 185 Å². The number of nitrogens with one attached hydrogen (secondary N) is 1. The van der Waals surface area contributed by atoms with E-state index in [2.05, 4.69) is 46.4 Å². The summed E-state index contributed by atoms with van der Waals surface area (Å²) in [4.78, 5) is 0. The van der Waals surface area contributed by atoms with E-state index in [9.17, 15) is 0 Å². The standard InChI is InChI=1S/C24H24BrNO4/c1-16-4-3-5-18(8-16)14-28-24-11-20(25)19(10-22(24)27-2)13-26-12-17-6-7-21-23(9-17)30-15-29-21/h3-11,26H,12-15H2,1-2H3. The number of aryl methyl sites for hydroxylation is 1. The molecule has 1 heterocycles. The lowest BCUT2D eigenvalue weighted by Crippen LogP contribution is -2.13. The first-order valence-corrected chi connectivity index (χ1v) is 10.6. The molecule has 0 amide bonds. The zero-order valence-electron chi connectivity index (χ0n) is 17.0. The van der Waals surface area contributed by atoms with Gasteiger partial charge >= 0.3 is 0 Å². The first-order valence-electron chi connectivity index (χ1n) is 9.76. The maximum absolute atomic E-state index is 6.02. The van der Waals surface area contributed by atoms with Gasteiger partial charge in [0.25, 0.3) is 0 Å². The molecule has 0 unspecified atom stereocenters. The molecule has 0 saturated heterocycles. The van der Waals surface area contributed by atoms with Crippen LogP contribution in [0, 0.1) is 6.92 Å². The van der Waals surface area contributed by atoms with Gasteiger partial charge in [0.15, 0.2) is 23.0 Å². The van der Waals surface area contributed by atoms with Crippen LogP contribution >= 0.6 is 15.9 Å². The van der Waals surface area contributed by atoms with Crippen LogP contribution in [-0.2, 0) is 19.7 Å². The Morgan fingerprint density at radius 3 is 2.63 bits per heavy atom. The first kappa shape index (κ1) is 20.6. The van der Waals surface area contributed by atoms with Gasteiger partial charge in [-0.05, 0) is 47.9 Å². The normalized spacial score (nSPS) is 12.1. The van der Waals surface area contributed by atoms with E-state index in [-0.39, 0.29) is 6.79 Å². The van der Waals surface area contributed by atoms with Gasteiger partial charge in [0, 0.05) is 17.6 Å². The minimum Gasteiger partial charge on any atom is -0.493 e. The van der Waals surface area contributed by atoms with Crippen LogP contribution in [0.3, 0.4) is 0 Å². The first-order chi connectivity index (χ1) is 14.6. The number of rotatable bonds is 8. The number of ether oxygens (including phenoxy) is 4. The Morgan fingerprint density at radius 2 is 1.80 bits per heavy atom. The molecule has 0 spiro atoms. The second-order valence-electron chi connectivity index (χ2n) is 7.16. The van der Waals surface area contributed by atoms with Crippen molar-refractivity contribution in [2.24, 2.45) is 0 Å². The highest BCUT2D eigenvalue weighted by molar-refractivity contribution is 9.10. The van der Waals surface area contributed by atoms with Crippen molar-refractivity contribution in [3.05, 3.63) is 81.3 Å². The van der Waals surface area contributed by atoms with E-state index < -0.39 is 0 Å². The lowest BCUT2D eigenvalue weighted by Gasteiger charge is -2.15. The van der Waals surface area contributed by atoms with Gasteiger partial charge in [-0.2, -0.15) is 0 Å². The molecule has 1 aliphatic heterocycles. The fraction of sp³-hybridized carbons (Fsp3) is 0.250. The van der Waals surface area contributed by atoms with Gasteiger partial charge in [-0.3, -0.25) is 0 Å². The van der Waals surface area contributed by atoms with Crippen LogP contribution in [0.15, 0.2) is 59.1 Å². The highest BCUT2D eigenvalue weighted by Gasteiger charge is 2.14. The molecule has 5 nitrogen and oxygen atoms in total. The molecule has 0 aliphatic carbocycles. The molecule has 3 aromatic carbocycles. The fourth-order valence-electron chi connectivity index (χ4n) is 3.34.